The van der Waals surface area contributed by atoms with Crippen molar-refractivity contribution in [3.8, 4) is 0 Å². The summed E-state index contributed by atoms with van der Waals surface area (Å²) in [4.78, 5) is 0. The van der Waals surface area contributed by atoms with Crippen LogP contribution in [0.4, 0.5) is 0 Å². The second-order valence-corrected chi connectivity index (χ2v) is 8.56. The van der Waals surface area contributed by atoms with E-state index in [2.05, 4.69) is 101 Å². The minimum absolute atomic E-state index is 0. The number of benzene rings is 2. The number of hydrogen-bond donors (Lipinski definition) is 0. The van der Waals surface area contributed by atoms with E-state index in [0.29, 0.717) is 5.92 Å². The first kappa shape index (κ1) is 30.6. The van der Waals surface area contributed by atoms with Crippen LogP contribution in [0.2, 0.25) is 6.55 Å². The van der Waals surface area contributed by atoms with E-state index in [4.69, 9.17) is 0 Å². The van der Waals surface area contributed by atoms with E-state index >= 15 is 0 Å². The maximum absolute atomic E-state index is 3.36. The van der Waals surface area contributed by atoms with Crippen molar-refractivity contribution < 1.29 is 21.7 Å². The van der Waals surface area contributed by atoms with Crippen LogP contribution in [-0.4, -0.2) is 8.80 Å². The molecule has 0 bridgehead atoms. The Bertz CT molecular complexity index is 647. The minimum atomic E-state index is -0.545. The third-order valence-corrected chi connectivity index (χ3v) is 7.05. The van der Waals surface area contributed by atoms with E-state index in [0.717, 1.165) is 0 Å². The van der Waals surface area contributed by atoms with Crippen LogP contribution in [0.5, 0.6) is 0 Å². The predicted molar refractivity (Wildman–Crippen MR) is 123 cm³/mol. The third kappa shape index (κ3) is 8.60. The molecule has 0 heterocycles. The van der Waals surface area contributed by atoms with Crippen LogP contribution in [0.3, 0.4) is 0 Å². The van der Waals surface area contributed by atoms with Crippen molar-refractivity contribution in [3.05, 3.63) is 106 Å². The number of rotatable bonds is 2. The molecule has 1 aliphatic rings. The normalized spacial score (nSPS) is 14.4. The van der Waals surface area contributed by atoms with Gasteiger partial charge in [-0.25, -0.2) is 5.57 Å². The van der Waals surface area contributed by atoms with E-state index in [9.17, 15) is 0 Å². The van der Waals surface area contributed by atoms with Crippen molar-refractivity contribution in [2.75, 3.05) is 0 Å². The van der Waals surface area contributed by atoms with E-state index < -0.39 is 8.80 Å². The van der Waals surface area contributed by atoms with E-state index in [1.54, 1.807) is 0 Å². The van der Waals surface area contributed by atoms with Gasteiger partial charge >= 0.3 is 21.7 Å². The molecule has 0 aromatic heterocycles. The molecule has 1 atom stereocenters. The molecule has 3 rings (SSSR count). The first-order valence-corrected chi connectivity index (χ1v) is 10.2. The van der Waals surface area contributed by atoms with E-state index in [1.165, 1.54) is 27.1 Å². The van der Waals surface area contributed by atoms with Crippen LogP contribution in [0.15, 0.2) is 77.4 Å². The van der Waals surface area contributed by atoms with Gasteiger partial charge in [0.25, 0.3) is 0 Å². The Balaban J connectivity index is -0.000000397. The molecule has 1 unspecified atom stereocenters. The van der Waals surface area contributed by atoms with Gasteiger partial charge in [0.1, 0.15) is 8.80 Å². The van der Waals surface area contributed by atoms with Crippen molar-refractivity contribution in [1.29, 1.82) is 0 Å². The first-order valence-electron chi connectivity index (χ1n) is 8.23. The fourth-order valence-corrected chi connectivity index (χ4v) is 4.42. The fourth-order valence-electron chi connectivity index (χ4n) is 2.70. The average molecular weight is 412 g/mol. The van der Waals surface area contributed by atoms with Gasteiger partial charge in [-0.1, -0.05) is 104 Å². The predicted octanol–water partition coefficient (Wildman–Crippen LogP) is 6.00. The molecule has 0 saturated heterocycles. The topological polar surface area (TPSA) is 0 Å². The minimum Gasteiger partial charge on any atom is -0.358 e. The zero-order chi connectivity index (χ0) is 16.8. The Morgan fingerprint density at radius 1 is 0.741 bits per heavy atom. The second kappa shape index (κ2) is 14.9. The summed E-state index contributed by atoms with van der Waals surface area (Å²) in [5.41, 5.74) is 4.25. The Labute approximate surface area is 186 Å². The van der Waals surface area contributed by atoms with Crippen LogP contribution in [0.25, 0.3) is 0 Å². The van der Waals surface area contributed by atoms with Crippen LogP contribution in [0, 0.1) is 34.3 Å². The second-order valence-electron chi connectivity index (χ2n) is 6.16. The summed E-state index contributed by atoms with van der Waals surface area (Å²) in [6.07, 6.45) is 3.36. The summed E-state index contributed by atoms with van der Waals surface area (Å²) < 4.78 is 0. The molecule has 2 aromatic carbocycles. The van der Waals surface area contributed by atoms with Crippen molar-refractivity contribution in [2.24, 2.45) is 5.92 Å². The van der Waals surface area contributed by atoms with Gasteiger partial charge in [0.15, 0.2) is 0 Å². The molecule has 1 radical (unpaired) electrons. The summed E-state index contributed by atoms with van der Waals surface area (Å²) in [5.74, 6) is 0.560. The maximum atomic E-state index is 3.36. The quantitative estimate of drug-likeness (QED) is 0.420. The molecule has 0 nitrogen and oxygen atoms in total. The van der Waals surface area contributed by atoms with Gasteiger partial charge in [0.2, 0.25) is 0 Å². The molecule has 0 N–H and O–H groups in total. The van der Waals surface area contributed by atoms with Crippen LogP contribution < -0.4 is 10.4 Å². The summed E-state index contributed by atoms with van der Waals surface area (Å²) in [6, 6.07) is 21.5. The van der Waals surface area contributed by atoms with E-state index in [-0.39, 0.29) is 44.0 Å². The molecular formula is C25H35SiTi. The smallest absolute Gasteiger partial charge is 0.358 e. The van der Waals surface area contributed by atoms with E-state index in [1.807, 2.05) is 0 Å². The summed E-state index contributed by atoms with van der Waals surface area (Å²) in [7, 11) is -0.545. The molecular weight excluding hydrogens is 376 g/mol. The fraction of sp³-hybridized carbons (Fsp3) is 0.240. The van der Waals surface area contributed by atoms with Gasteiger partial charge in [-0.15, -0.1) is 6.92 Å². The van der Waals surface area contributed by atoms with Crippen molar-refractivity contribution in [3.63, 3.8) is 0 Å². The van der Waals surface area contributed by atoms with Crippen molar-refractivity contribution >= 4 is 19.2 Å². The SMILES string of the molecule is CC1=[C-]C(C)C(C)=C1C.C[Si](c1ccccc1)c1ccccc1.[CH3-].[CH3-].[CH3-].[Ti+4]. The molecule has 143 valence electrons. The molecule has 0 saturated carbocycles. The summed E-state index contributed by atoms with van der Waals surface area (Å²) >= 11 is 0. The van der Waals surface area contributed by atoms with Gasteiger partial charge in [-0.2, -0.15) is 11.1 Å². The van der Waals surface area contributed by atoms with Crippen molar-refractivity contribution in [2.45, 2.75) is 34.2 Å². The summed E-state index contributed by atoms with van der Waals surface area (Å²) in [6.45, 7) is 11.0. The van der Waals surface area contributed by atoms with Crippen molar-refractivity contribution in [1.82, 2.24) is 0 Å². The van der Waals surface area contributed by atoms with Gasteiger partial charge in [0, 0.05) is 0 Å². The molecule has 0 amide bonds. The molecule has 0 aliphatic heterocycles. The summed E-state index contributed by atoms with van der Waals surface area (Å²) in [5, 5.41) is 2.95. The monoisotopic (exact) mass is 411 g/mol. The zero-order valence-electron chi connectivity index (χ0n) is 18.4. The maximum Gasteiger partial charge on any atom is 4.00 e. The first-order chi connectivity index (χ1) is 11.0. The van der Waals surface area contributed by atoms with Crippen LogP contribution in [-0.2, 0) is 21.7 Å². The largest absolute Gasteiger partial charge is 4.00 e. The number of allylic oxidation sites excluding steroid dienone is 4. The Kier molecular flexibility index (Phi) is 16.8. The van der Waals surface area contributed by atoms with Gasteiger partial charge in [-0.3, -0.25) is 6.08 Å². The molecule has 27 heavy (non-hydrogen) atoms. The zero-order valence-corrected chi connectivity index (χ0v) is 20.9. The van der Waals surface area contributed by atoms with Gasteiger partial charge < -0.3 is 22.3 Å². The molecule has 1 aliphatic carbocycles. The van der Waals surface area contributed by atoms with Gasteiger partial charge in [-0.05, 0) is 0 Å². The van der Waals surface area contributed by atoms with Gasteiger partial charge in [0.05, 0.1) is 0 Å². The molecule has 0 fully saturated rings. The molecule has 0 spiro atoms. The Morgan fingerprint density at radius 2 is 1.11 bits per heavy atom. The number of hydrogen-bond acceptors (Lipinski definition) is 0. The van der Waals surface area contributed by atoms with Crippen LogP contribution in [0.1, 0.15) is 27.7 Å². The molecule has 2 aromatic rings. The molecule has 2 heteroatoms. The Hall–Kier alpha value is -1.15. The Morgan fingerprint density at radius 3 is 1.33 bits per heavy atom. The third-order valence-electron chi connectivity index (χ3n) is 4.65. The van der Waals surface area contributed by atoms with Crippen LogP contribution >= 0.6 is 0 Å². The standard InChI is InChI=1S/C13H13Si.C9H13.3CH3.Ti/c1-14(12-8-4-2-5-9-12)13-10-6-3-7-11-13;1-6-5-7(2)9(4)8(6)3;;;;/h2-11H,1H3;6H,1-4H3;3*1H3;/q;4*-1;+4. The average Bonchev–Trinajstić information content (AvgIpc) is 2.82.